The van der Waals surface area contributed by atoms with Gasteiger partial charge in [0.05, 0.1) is 45.9 Å². The van der Waals surface area contributed by atoms with Crippen molar-refractivity contribution in [3.63, 3.8) is 0 Å². The average Bonchev–Trinajstić information content (AvgIpc) is 3.41. The van der Waals surface area contributed by atoms with Crippen LogP contribution in [0.2, 0.25) is 0 Å². The summed E-state index contributed by atoms with van der Waals surface area (Å²) in [5.74, 6) is -7.59. The molecule has 0 aliphatic rings. The molecule has 0 aliphatic carbocycles. The Labute approximate surface area is 440 Å². The zero-order valence-corrected chi connectivity index (χ0v) is 42.7. The Bertz CT molecular complexity index is 3900. The number of hydrogen-bond donors (Lipinski definition) is 2. The lowest BCUT2D eigenvalue weighted by atomic mass is 10.1. The number of aromatic carboxylic acids is 1. The van der Waals surface area contributed by atoms with Crippen molar-refractivity contribution >= 4 is 62.2 Å². The van der Waals surface area contributed by atoms with Crippen LogP contribution in [-0.4, -0.2) is 50.3 Å². The minimum atomic E-state index is -1.48. The van der Waals surface area contributed by atoms with E-state index in [-0.39, 0.29) is 54.0 Å². The lowest BCUT2D eigenvalue weighted by Crippen LogP contribution is -2.22. The van der Waals surface area contributed by atoms with Crippen molar-refractivity contribution in [2.45, 2.75) is 53.6 Å². The van der Waals surface area contributed by atoms with Crippen LogP contribution >= 0.6 is 11.6 Å². The van der Waals surface area contributed by atoms with Crippen LogP contribution in [0.15, 0.2) is 142 Å². The molecule has 0 saturated heterocycles. The number of halogens is 7. The van der Waals surface area contributed by atoms with Crippen LogP contribution in [0.25, 0.3) is 32.7 Å². The number of ether oxygens (including phenoxy) is 2. The third-order valence-electron chi connectivity index (χ3n) is 12.0. The largest absolute Gasteiger partial charge is 0.477 e. The van der Waals surface area contributed by atoms with Crippen molar-refractivity contribution in [2.75, 3.05) is 13.2 Å². The van der Waals surface area contributed by atoms with Gasteiger partial charge in [-0.15, -0.1) is 11.6 Å². The molecule has 6 aromatic carbocycles. The Morgan fingerprint density at radius 2 is 0.870 bits per heavy atom. The number of alkyl halides is 1. The van der Waals surface area contributed by atoms with E-state index in [1.165, 1.54) is 26.5 Å². The van der Waals surface area contributed by atoms with Gasteiger partial charge in [-0.3, -0.25) is 14.4 Å². The van der Waals surface area contributed by atoms with E-state index in [0.717, 1.165) is 71.0 Å². The molecule has 398 valence electrons. The molecule has 0 amide bonds. The number of fused-ring (bicyclic) bond motifs is 3. The van der Waals surface area contributed by atoms with Gasteiger partial charge in [-0.2, -0.15) is 0 Å². The number of carboxylic acids is 1. The summed E-state index contributed by atoms with van der Waals surface area (Å²) >= 11 is 5.63. The quantitative estimate of drug-likeness (QED) is 0.0770. The Morgan fingerprint density at radius 3 is 1.29 bits per heavy atom. The maximum absolute atomic E-state index is 14.4. The molecule has 2 N–H and O–H groups in total. The molecule has 0 unspecified atom stereocenters. The number of benzene rings is 6. The molecule has 9 aromatic rings. The van der Waals surface area contributed by atoms with E-state index < -0.39 is 90.8 Å². The number of aromatic amines is 1. The molecule has 0 atom stereocenters. The van der Waals surface area contributed by atoms with Crippen molar-refractivity contribution in [2.24, 2.45) is 0 Å². The lowest BCUT2D eigenvalue weighted by molar-refractivity contribution is 0.0514. The summed E-state index contributed by atoms with van der Waals surface area (Å²) in [7, 11) is 0. The number of carbonyl (C=O) groups is 3. The average molecular weight is 1080 g/mol. The van der Waals surface area contributed by atoms with Gasteiger partial charge in [0.15, 0.2) is 0 Å². The van der Waals surface area contributed by atoms with Crippen molar-refractivity contribution in [1.29, 1.82) is 0 Å². The van der Waals surface area contributed by atoms with Gasteiger partial charge < -0.3 is 28.7 Å². The lowest BCUT2D eigenvalue weighted by Gasteiger charge is -2.15. The molecule has 12 nitrogen and oxygen atoms in total. The summed E-state index contributed by atoms with van der Waals surface area (Å²) in [6.07, 6.45) is 3.31. The highest BCUT2D eigenvalue weighted by Crippen LogP contribution is 2.24. The predicted molar refractivity (Wildman–Crippen MR) is 281 cm³/mol. The number of nitrogens with zero attached hydrogens (tertiary/aromatic N) is 2. The highest BCUT2D eigenvalue weighted by molar-refractivity contribution is 6.17. The number of rotatable bonds is 10. The molecule has 3 aromatic heterocycles. The van der Waals surface area contributed by atoms with Crippen LogP contribution in [0.1, 0.15) is 78.3 Å². The number of esters is 2. The highest BCUT2D eigenvalue weighted by atomic mass is 35.5. The van der Waals surface area contributed by atoms with Gasteiger partial charge in [0, 0.05) is 37.6 Å². The van der Waals surface area contributed by atoms with E-state index in [0.29, 0.717) is 5.88 Å². The summed E-state index contributed by atoms with van der Waals surface area (Å²) in [6, 6.07) is 28.2. The van der Waals surface area contributed by atoms with Crippen LogP contribution in [0.3, 0.4) is 0 Å². The Hall–Kier alpha value is -8.77. The second kappa shape index (κ2) is 25.6. The summed E-state index contributed by atoms with van der Waals surface area (Å²) in [5.41, 5.74) is 1.27. The van der Waals surface area contributed by atoms with Crippen LogP contribution in [0.5, 0.6) is 0 Å². The third kappa shape index (κ3) is 13.0. The Kier molecular flexibility index (Phi) is 19.2. The first kappa shape index (κ1) is 57.5. The van der Waals surface area contributed by atoms with E-state index in [9.17, 15) is 60.2 Å². The summed E-state index contributed by atoms with van der Waals surface area (Å²) in [4.78, 5) is 73.9. The fourth-order valence-electron chi connectivity index (χ4n) is 7.98. The SMILES string of the molecule is CCOC(=O)c1c[nH]c2c(F)ccc(F)c2c1=O.CCOC(=O)c1cn(Cc2ccccc2C)c2c(F)ccc(F)c2c1=O.Cc1ccccc1CCl.Cc1ccccc1Cn1cc(C(=O)O)c(=O)c2c(F)ccc(F)c21. The monoisotopic (exact) mass is 1080 g/mol. The number of H-pyrrole nitrogens is 1. The van der Waals surface area contributed by atoms with Crippen molar-refractivity contribution in [1.82, 2.24) is 14.1 Å². The van der Waals surface area contributed by atoms with Crippen molar-refractivity contribution in [3.05, 3.63) is 243 Å². The predicted octanol–water partition coefficient (Wildman–Crippen LogP) is 11.9. The second-order valence-corrected chi connectivity index (χ2v) is 17.2. The van der Waals surface area contributed by atoms with E-state index in [2.05, 4.69) is 22.7 Å². The molecule has 19 heteroatoms. The number of nitrogens with one attached hydrogen (secondary N) is 1. The molecule has 0 fully saturated rings. The van der Waals surface area contributed by atoms with Crippen molar-refractivity contribution < 1.29 is 55.3 Å². The molecule has 3 heterocycles. The Morgan fingerprint density at radius 1 is 0.506 bits per heavy atom. The molecular weight excluding hydrogens is 1030 g/mol. The topological polar surface area (TPSA) is 167 Å². The number of hydrogen-bond acceptors (Lipinski definition) is 8. The first-order chi connectivity index (χ1) is 36.7. The van der Waals surface area contributed by atoms with Crippen LogP contribution in [0.4, 0.5) is 26.3 Å². The maximum Gasteiger partial charge on any atom is 0.343 e. The molecule has 0 saturated carbocycles. The molecular formula is C58H48ClF6N3O9. The van der Waals surface area contributed by atoms with E-state index in [1.54, 1.807) is 26.0 Å². The standard InChI is InChI=1S/C20H17F2NO3.C18H13F2NO3.C12H9F2NO3.C8H9Cl/c1-3-26-20(25)14-11-23(10-13-7-5-4-6-12(13)2)18-16(22)9-8-15(21)17(18)19(14)24;1-10-4-2-3-5-11(10)8-21-9-12(18(23)24)17(22)15-13(19)6-7-14(20)16(15)21;1-2-18-12(17)6-5-15-10-8(14)4-3-7(13)9(10)11(6)16;1-7-4-2-3-5-8(7)6-9/h4-9,11H,3,10H2,1-2H3;2-7,9H,8H2,1H3,(H,23,24);3-5H,2H2,1H3,(H,15,16);2-5H,6H2,1H3. The van der Waals surface area contributed by atoms with Gasteiger partial charge in [-0.05, 0) is 104 Å². The van der Waals surface area contributed by atoms with Gasteiger partial charge in [0.1, 0.15) is 51.6 Å². The minimum absolute atomic E-state index is 0.0692. The van der Waals surface area contributed by atoms with Gasteiger partial charge in [-0.25, -0.2) is 40.7 Å². The molecule has 0 bridgehead atoms. The van der Waals surface area contributed by atoms with Gasteiger partial charge in [0.25, 0.3) is 0 Å². The normalized spacial score (nSPS) is 10.7. The molecule has 77 heavy (non-hydrogen) atoms. The third-order valence-corrected chi connectivity index (χ3v) is 12.3. The summed E-state index contributed by atoms with van der Waals surface area (Å²) in [5, 5.41) is 7.71. The smallest absolute Gasteiger partial charge is 0.343 e. The number of pyridine rings is 3. The first-order valence-electron chi connectivity index (χ1n) is 23.5. The highest BCUT2D eigenvalue weighted by Gasteiger charge is 2.23. The summed E-state index contributed by atoms with van der Waals surface area (Å²) in [6.45, 7) is 9.44. The van der Waals surface area contributed by atoms with Gasteiger partial charge in [-0.1, -0.05) is 72.8 Å². The minimum Gasteiger partial charge on any atom is -0.477 e. The number of carbonyl (C=O) groups excluding carboxylic acids is 2. The van der Waals surface area contributed by atoms with Crippen molar-refractivity contribution in [3.8, 4) is 0 Å². The second-order valence-electron chi connectivity index (χ2n) is 17.0. The van der Waals surface area contributed by atoms with E-state index in [4.69, 9.17) is 16.3 Å². The van der Waals surface area contributed by atoms with Gasteiger partial charge in [0.2, 0.25) is 16.3 Å². The molecule has 0 radical (unpaired) electrons. The zero-order valence-electron chi connectivity index (χ0n) is 41.9. The van der Waals surface area contributed by atoms with E-state index in [1.807, 2.05) is 68.4 Å². The first-order valence-corrected chi connectivity index (χ1v) is 24.1. The molecule has 9 rings (SSSR count). The zero-order chi connectivity index (χ0) is 56.2. The van der Waals surface area contributed by atoms with Crippen LogP contribution < -0.4 is 16.3 Å². The maximum atomic E-state index is 14.4. The van der Waals surface area contributed by atoms with E-state index >= 15 is 0 Å². The van der Waals surface area contributed by atoms with Crippen LogP contribution in [0, 0.1) is 55.7 Å². The fraction of sp³-hybridized carbons (Fsp3) is 0.172. The number of aromatic nitrogens is 3. The van der Waals surface area contributed by atoms with Gasteiger partial charge >= 0.3 is 17.9 Å². The number of carboxylic acid groups (broad SMARTS) is 1. The summed E-state index contributed by atoms with van der Waals surface area (Å²) < 4.78 is 96.2. The molecule has 0 aliphatic heterocycles. The Balaban J connectivity index is 0.000000175. The molecule has 0 spiro atoms. The van der Waals surface area contributed by atoms with Crippen LogP contribution in [-0.2, 0) is 28.4 Å². The number of aryl methyl sites for hydroxylation is 3. The fourth-order valence-corrected chi connectivity index (χ4v) is 8.28.